The second kappa shape index (κ2) is 6.04. The lowest BCUT2D eigenvalue weighted by Crippen LogP contribution is -2.13. The maximum Gasteiger partial charge on any atom is 0.374 e. The Kier molecular flexibility index (Phi) is 4.39. The van der Waals surface area contributed by atoms with Gasteiger partial charge in [-0.05, 0) is 52.3 Å². The van der Waals surface area contributed by atoms with Crippen LogP contribution in [0.25, 0.3) is 0 Å². The standard InChI is InChI=1S/C13H8BrClO4/c14-12-6-5-11(19-12)13(17)18-7-10(16)8-1-3-9(15)4-2-8/h1-6H,7H2. The number of hydrogen-bond donors (Lipinski definition) is 0. The smallest absolute Gasteiger partial charge is 0.374 e. The molecule has 1 aromatic heterocycles. The Morgan fingerprint density at radius 1 is 1.16 bits per heavy atom. The normalized spacial score (nSPS) is 10.2. The van der Waals surface area contributed by atoms with Crippen molar-refractivity contribution in [1.82, 2.24) is 0 Å². The summed E-state index contributed by atoms with van der Waals surface area (Å²) in [4.78, 5) is 23.3. The van der Waals surface area contributed by atoms with Crippen molar-refractivity contribution in [3.63, 3.8) is 0 Å². The predicted molar refractivity (Wildman–Crippen MR) is 72.5 cm³/mol. The summed E-state index contributed by atoms with van der Waals surface area (Å²) < 4.78 is 10.3. The molecule has 0 radical (unpaired) electrons. The quantitative estimate of drug-likeness (QED) is 0.627. The first-order chi connectivity index (χ1) is 9.06. The van der Waals surface area contributed by atoms with E-state index >= 15 is 0 Å². The van der Waals surface area contributed by atoms with Gasteiger partial charge in [0.2, 0.25) is 5.76 Å². The van der Waals surface area contributed by atoms with E-state index in [0.717, 1.165) is 0 Å². The lowest BCUT2D eigenvalue weighted by atomic mass is 10.1. The van der Waals surface area contributed by atoms with E-state index in [4.69, 9.17) is 20.8 Å². The number of carbonyl (C=O) groups is 2. The molecule has 0 N–H and O–H groups in total. The number of rotatable bonds is 4. The Labute approximate surface area is 122 Å². The second-order valence-corrected chi connectivity index (χ2v) is 4.83. The van der Waals surface area contributed by atoms with Crippen LogP contribution in [0.2, 0.25) is 5.02 Å². The van der Waals surface area contributed by atoms with Gasteiger partial charge in [-0.1, -0.05) is 11.6 Å². The number of esters is 1. The molecule has 0 fully saturated rings. The third-order valence-corrected chi connectivity index (χ3v) is 2.95. The summed E-state index contributed by atoms with van der Waals surface area (Å²) >= 11 is 8.78. The van der Waals surface area contributed by atoms with Crippen LogP contribution in [-0.2, 0) is 4.74 Å². The third-order valence-electron chi connectivity index (χ3n) is 2.27. The van der Waals surface area contributed by atoms with Crippen molar-refractivity contribution in [1.29, 1.82) is 0 Å². The molecule has 0 aliphatic carbocycles. The number of furan rings is 1. The van der Waals surface area contributed by atoms with E-state index in [1.54, 1.807) is 30.3 Å². The fourth-order valence-corrected chi connectivity index (χ4v) is 1.78. The molecule has 4 nitrogen and oxygen atoms in total. The Morgan fingerprint density at radius 3 is 2.42 bits per heavy atom. The Balaban J connectivity index is 1.93. The van der Waals surface area contributed by atoms with Gasteiger partial charge in [-0.3, -0.25) is 4.79 Å². The number of ether oxygens (including phenoxy) is 1. The first-order valence-corrected chi connectivity index (χ1v) is 6.44. The van der Waals surface area contributed by atoms with Crippen LogP contribution >= 0.6 is 27.5 Å². The van der Waals surface area contributed by atoms with E-state index in [2.05, 4.69) is 15.9 Å². The van der Waals surface area contributed by atoms with E-state index in [1.165, 1.54) is 6.07 Å². The first kappa shape index (κ1) is 13.8. The monoisotopic (exact) mass is 342 g/mol. The highest BCUT2D eigenvalue weighted by molar-refractivity contribution is 9.10. The highest BCUT2D eigenvalue weighted by atomic mass is 79.9. The van der Waals surface area contributed by atoms with Crippen molar-refractivity contribution >= 4 is 39.3 Å². The zero-order valence-corrected chi connectivity index (χ0v) is 11.9. The van der Waals surface area contributed by atoms with Gasteiger partial charge < -0.3 is 9.15 Å². The van der Waals surface area contributed by atoms with Gasteiger partial charge in [0.05, 0.1) is 0 Å². The maximum atomic E-state index is 11.7. The summed E-state index contributed by atoms with van der Waals surface area (Å²) in [5.41, 5.74) is 0.429. The molecule has 0 atom stereocenters. The molecule has 0 saturated carbocycles. The number of Topliss-reactive ketones (excluding diaryl/α,β-unsaturated/α-hetero) is 1. The van der Waals surface area contributed by atoms with Crippen LogP contribution in [0.15, 0.2) is 45.5 Å². The lowest BCUT2D eigenvalue weighted by Gasteiger charge is -2.02. The van der Waals surface area contributed by atoms with E-state index in [0.29, 0.717) is 15.3 Å². The maximum absolute atomic E-state index is 11.7. The summed E-state index contributed by atoms with van der Waals surface area (Å²) in [6, 6.07) is 9.36. The Bertz CT molecular complexity index is 603. The molecule has 0 aliphatic rings. The molecule has 0 unspecified atom stereocenters. The van der Waals surface area contributed by atoms with Crippen LogP contribution in [0.4, 0.5) is 0 Å². The van der Waals surface area contributed by atoms with Gasteiger partial charge in [0, 0.05) is 10.6 Å². The van der Waals surface area contributed by atoms with Crippen LogP contribution in [0.5, 0.6) is 0 Å². The van der Waals surface area contributed by atoms with Gasteiger partial charge in [0.1, 0.15) is 0 Å². The minimum absolute atomic E-state index is 0.0378. The van der Waals surface area contributed by atoms with Crippen LogP contribution < -0.4 is 0 Å². The van der Waals surface area contributed by atoms with Crippen molar-refractivity contribution < 1.29 is 18.7 Å². The van der Waals surface area contributed by atoms with Crippen molar-refractivity contribution in [2.24, 2.45) is 0 Å². The summed E-state index contributed by atoms with van der Waals surface area (Å²) in [6.45, 7) is -0.348. The van der Waals surface area contributed by atoms with Crippen molar-refractivity contribution in [3.8, 4) is 0 Å². The van der Waals surface area contributed by atoms with Crippen LogP contribution in [-0.4, -0.2) is 18.4 Å². The SMILES string of the molecule is O=C(COC(=O)c1ccc(Br)o1)c1ccc(Cl)cc1. The third kappa shape index (κ3) is 3.68. The van der Waals surface area contributed by atoms with E-state index < -0.39 is 5.97 Å². The molecule has 19 heavy (non-hydrogen) atoms. The van der Waals surface area contributed by atoms with Gasteiger partial charge in [-0.2, -0.15) is 0 Å². The van der Waals surface area contributed by atoms with Crippen LogP contribution in [0.1, 0.15) is 20.9 Å². The van der Waals surface area contributed by atoms with E-state index in [-0.39, 0.29) is 18.2 Å². The van der Waals surface area contributed by atoms with Gasteiger partial charge >= 0.3 is 5.97 Å². The molecular weight excluding hydrogens is 335 g/mol. The molecule has 0 saturated heterocycles. The van der Waals surface area contributed by atoms with Crippen molar-refractivity contribution in [2.45, 2.75) is 0 Å². The Morgan fingerprint density at radius 2 is 1.84 bits per heavy atom. The molecule has 0 bridgehead atoms. The predicted octanol–water partition coefficient (Wildman–Crippen LogP) is 3.74. The summed E-state index contributed by atoms with van der Waals surface area (Å²) in [7, 11) is 0. The summed E-state index contributed by atoms with van der Waals surface area (Å²) in [6.07, 6.45) is 0. The molecule has 6 heteroatoms. The van der Waals surface area contributed by atoms with Gasteiger partial charge in [-0.15, -0.1) is 0 Å². The lowest BCUT2D eigenvalue weighted by molar-refractivity contribution is 0.0442. The summed E-state index contributed by atoms with van der Waals surface area (Å²) in [5.74, 6) is -0.959. The molecule has 0 aliphatic heterocycles. The molecule has 1 aromatic carbocycles. The number of hydrogen-bond acceptors (Lipinski definition) is 4. The molecule has 1 heterocycles. The second-order valence-electron chi connectivity index (χ2n) is 3.61. The number of ketones is 1. The largest absolute Gasteiger partial charge is 0.451 e. The van der Waals surface area contributed by atoms with Gasteiger partial charge in [0.25, 0.3) is 0 Å². The molecule has 2 aromatic rings. The molecule has 2 rings (SSSR count). The highest BCUT2D eigenvalue weighted by Crippen LogP contribution is 2.15. The topological polar surface area (TPSA) is 56.5 Å². The Hall–Kier alpha value is -1.59. The van der Waals surface area contributed by atoms with Gasteiger partial charge in [-0.25, -0.2) is 4.79 Å². The van der Waals surface area contributed by atoms with Gasteiger partial charge in [0.15, 0.2) is 17.1 Å². The number of halogens is 2. The minimum atomic E-state index is -0.687. The summed E-state index contributed by atoms with van der Waals surface area (Å²) in [5, 5.41) is 0.536. The highest BCUT2D eigenvalue weighted by Gasteiger charge is 2.14. The van der Waals surface area contributed by atoms with Crippen molar-refractivity contribution in [2.75, 3.05) is 6.61 Å². The fraction of sp³-hybridized carbons (Fsp3) is 0.0769. The zero-order valence-electron chi connectivity index (χ0n) is 9.56. The zero-order chi connectivity index (χ0) is 13.8. The van der Waals surface area contributed by atoms with Crippen molar-refractivity contribution in [3.05, 3.63) is 57.4 Å². The molecule has 98 valence electrons. The van der Waals surface area contributed by atoms with Crippen LogP contribution in [0, 0.1) is 0 Å². The average molecular weight is 344 g/mol. The minimum Gasteiger partial charge on any atom is -0.451 e. The van der Waals surface area contributed by atoms with E-state index in [1.807, 2.05) is 0 Å². The molecule has 0 spiro atoms. The first-order valence-electron chi connectivity index (χ1n) is 5.27. The number of benzene rings is 1. The molecular formula is C13H8BrClO4. The molecule has 0 amide bonds. The fourth-order valence-electron chi connectivity index (χ4n) is 1.35. The van der Waals surface area contributed by atoms with Crippen LogP contribution in [0.3, 0.4) is 0 Å². The average Bonchev–Trinajstić information content (AvgIpc) is 2.83. The number of carbonyl (C=O) groups excluding carboxylic acids is 2. The van der Waals surface area contributed by atoms with E-state index in [9.17, 15) is 9.59 Å².